The van der Waals surface area contributed by atoms with Gasteiger partial charge in [-0.2, -0.15) is 0 Å². The normalized spacial score (nSPS) is 30.4. The second-order valence-corrected chi connectivity index (χ2v) is 7.90. The first-order valence-electron chi connectivity index (χ1n) is 9.63. The van der Waals surface area contributed by atoms with E-state index in [4.69, 9.17) is 10.5 Å². The average molecular weight is 349 g/mol. The van der Waals surface area contributed by atoms with Gasteiger partial charge in [0.15, 0.2) is 5.82 Å². The Kier molecular flexibility index (Phi) is 5.85. The van der Waals surface area contributed by atoms with Crippen molar-refractivity contribution in [3.63, 3.8) is 0 Å². The van der Waals surface area contributed by atoms with Gasteiger partial charge in [-0.25, -0.2) is 4.39 Å². The van der Waals surface area contributed by atoms with Crippen molar-refractivity contribution >= 4 is 11.4 Å². The smallest absolute Gasteiger partial charge is 0.151 e. The predicted octanol–water partition coefficient (Wildman–Crippen LogP) is 3.68. The molecule has 2 aliphatic rings. The molecule has 0 bridgehead atoms. The number of halogens is 1. The highest BCUT2D eigenvalue weighted by Gasteiger charge is 2.25. The molecule has 1 heterocycles. The molecule has 3 rings (SSSR count). The molecule has 0 aromatic heterocycles. The van der Waals surface area contributed by atoms with E-state index in [9.17, 15) is 4.39 Å². The fourth-order valence-corrected chi connectivity index (χ4v) is 4.18. The van der Waals surface area contributed by atoms with Crippen LogP contribution in [0.4, 0.5) is 15.8 Å². The number of hydrogen-bond acceptors (Lipinski definition) is 4. The quantitative estimate of drug-likeness (QED) is 0.871. The van der Waals surface area contributed by atoms with Crippen LogP contribution in [-0.2, 0) is 4.74 Å². The lowest BCUT2D eigenvalue weighted by molar-refractivity contribution is -0.00526. The molecule has 5 heteroatoms. The monoisotopic (exact) mass is 349 g/mol. The zero-order chi connectivity index (χ0) is 18.0. The number of nitrogens with two attached hydrogens (primary N) is 1. The number of benzene rings is 1. The van der Waals surface area contributed by atoms with Crippen LogP contribution in [0.1, 0.15) is 45.1 Å². The van der Waals surface area contributed by atoms with E-state index in [-0.39, 0.29) is 18.0 Å². The summed E-state index contributed by atoms with van der Waals surface area (Å²) in [6, 6.07) is 4.28. The maximum absolute atomic E-state index is 14.9. The second kappa shape index (κ2) is 7.92. The van der Waals surface area contributed by atoms with Crippen molar-refractivity contribution < 1.29 is 9.13 Å². The Hall–Kier alpha value is -1.33. The zero-order valence-corrected chi connectivity index (χ0v) is 15.7. The Morgan fingerprint density at radius 2 is 1.80 bits per heavy atom. The van der Waals surface area contributed by atoms with Gasteiger partial charge in [0.2, 0.25) is 0 Å². The minimum Gasteiger partial charge on any atom is -0.382 e. The summed E-state index contributed by atoms with van der Waals surface area (Å²) >= 11 is 0. The Morgan fingerprint density at radius 3 is 2.44 bits per heavy atom. The van der Waals surface area contributed by atoms with Crippen LogP contribution < -0.4 is 16.0 Å². The van der Waals surface area contributed by atoms with Crippen LogP contribution in [0.5, 0.6) is 0 Å². The average Bonchev–Trinajstić information content (AvgIpc) is 2.57. The lowest BCUT2D eigenvalue weighted by atomic mass is 9.86. The van der Waals surface area contributed by atoms with Crippen molar-refractivity contribution in [2.24, 2.45) is 11.7 Å². The summed E-state index contributed by atoms with van der Waals surface area (Å²) in [4.78, 5) is 2.24. The lowest BCUT2D eigenvalue weighted by Crippen LogP contribution is -2.45. The van der Waals surface area contributed by atoms with Crippen LogP contribution in [0.15, 0.2) is 12.1 Å². The van der Waals surface area contributed by atoms with Crippen LogP contribution in [0, 0.1) is 18.7 Å². The van der Waals surface area contributed by atoms with Crippen LogP contribution in [0.2, 0.25) is 0 Å². The third-order valence-corrected chi connectivity index (χ3v) is 5.59. The van der Waals surface area contributed by atoms with Crippen molar-refractivity contribution in [2.45, 2.75) is 64.7 Å². The fraction of sp³-hybridized carbons (Fsp3) is 0.700. The summed E-state index contributed by atoms with van der Waals surface area (Å²) in [6.45, 7) is 8.45. The number of morpholine rings is 1. The summed E-state index contributed by atoms with van der Waals surface area (Å²) in [7, 11) is 0. The number of ether oxygens (including phenoxy) is 1. The van der Waals surface area contributed by atoms with Crippen LogP contribution >= 0.6 is 0 Å². The van der Waals surface area contributed by atoms with E-state index in [1.165, 1.54) is 0 Å². The molecule has 1 aliphatic carbocycles. The van der Waals surface area contributed by atoms with Gasteiger partial charge in [0.25, 0.3) is 0 Å². The van der Waals surface area contributed by atoms with Crippen LogP contribution in [0.3, 0.4) is 0 Å². The first-order valence-corrected chi connectivity index (χ1v) is 9.63. The summed E-state index contributed by atoms with van der Waals surface area (Å²) in [5.41, 5.74) is 8.28. The fourth-order valence-electron chi connectivity index (χ4n) is 4.18. The molecule has 0 radical (unpaired) electrons. The third-order valence-electron chi connectivity index (χ3n) is 5.59. The van der Waals surface area contributed by atoms with Gasteiger partial charge in [0.1, 0.15) is 0 Å². The standard InChI is InChI=1S/C20H32FN3O/c1-13-11-24(12-14(2)25-13)19-9-8-18(20(21)15(19)3)23-10-16-4-6-17(22)7-5-16/h8-9,13-14,16-17,23H,4-7,10-12,22H2,1-3H3/t13-,14+,16-,17-. The molecular formula is C20H32FN3O. The van der Waals surface area contributed by atoms with Gasteiger partial charge < -0.3 is 20.7 Å². The highest BCUT2D eigenvalue weighted by molar-refractivity contribution is 5.62. The van der Waals surface area contributed by atoms with E-state index < -0.39 is 0 Å². The maximum atomic E-state index is 14.9. The number of hydrogen-bond donors (Lipinski definition) is 2. The van der Waals surface area contributed by atoms with Gasteiger partial charge in [-0.05, 0) is 64.5 Å². The minimum atomic E-state index is -0.128. The van der Waals surface area contributed by atoms with Gasteiger partial charge in [-0.1, -0.05) is 0 Å². The van der Waals surface area contributed by atoms with E-state index in [0.717, 1.165) is 56.6 Å². The minimum absolute atomic E-state index is 0.128. The molecule has 0 amide bonds. The van der Waals surface area contributed by atoms with Gasteiger partial charge in [0, 0.05) is 36.9 Å². The Morgan fingerprint density at radius 1 is 1.16 bits per heavy atom. The predicted molar refractivity (Wildman–Crippen MR) is 102 cm³/mol. The topological polar surface area (TPSA) is 50.5 Å². The van der Waals surface area contributed by atoms with Crippen LogP contribution in [0.25, 0.3) is 0 Å². The molecule has 140 valence electrons. The molecule has 25 heavy (non-hydrogen) atoms. The number of anilines is 2. The first kappa shape index (κ1) is 18.5. The SMILES string of the molecule is Cc1c(N2C[C@@H](C)O[C@@H](C)C2)ccc(NC[C@H]2CC[C@H](N)CC2)c1F. The Bertz CT molecular complexity index is 577. The van der Waals surface area contributed by atoms with Gasteiger partial charge in [-0.15, -0.1) is 0 Å². The van der Waals surface area contributed by atoms with Gasteiger partial charge in [0.05, 0.1) is 17.9 Å². The molecule has 0 spiro atoms. The molecule has 1 saturated heterocycles. The molecule has 0 unspecified atom stereocenters. The molecule has 1 aromatic rings. The van der Waals surface area contributed by atoms with E-state index in [1.807, 2.05) is 19.1 Å². The molecule has 2 atom stereocenters. The van der Waals surface area contributed by atoms with Crippen LogP contribution in [-0.4, -0.2) is 37.9 Å². The first-order chi connectivity index (χ1) is 11.9. The molecule has 1 aliphatic heterocycles. The third kappa shape index (κ3) is 4.45. The van der Waals surface area contributed by atoms with Gasteiger partial charge in [-0.3, -0.25) is 0 Å². The van der Waals surface area contributed by atoms with Crippen molar-refractivity contribution in [1.82, 2.24) is 0 Å². The second-order valence-electron chi connectivity index (χ2n) is 7.90. The number of rotatable bonds is 4. The zero-order valence-electron chi connectivity index (χ0n) is 15.7. The molecular weight excluding hydrogens is 317 g/mol. The largest absolute Gasteiger partial charge is 0.382 e. The van der Waals surface area contributed by atoms with Crippen molar-refractivity contribution in [3.05, 3.63) is 23.5 Å². The highest BCUT2D eigenvalue weighted by Crippen LogP contribution is 2.31. The molecule has 3 N–H and O–H groups in total. The molecule has 4 nitrogen and oxygen atoms in total. The van der Waals surface area contributed by atoms with Gasteiger partial charge >= 0.3 is 0 Å². The van der Waals surface area contributed by atoms with E-state index >= 15 is 0 Å². The highest BCUT2D eigenvalue weighted by atomic mass is 19.1. The van der Waals surface area contributed by atoms with E-state index in [2.05, 4.69) is 24.1 Å². The van der Waals surface area contributed by atoms with Crippen molar-refractivity contribution in [1.29, 1.82) is 0 Å². The Balaban J connectivity index is 1.66. The summed E-state index contributed by atoms with van der Waals surface area (Å²) < 4.78 is 20.7. The number of nitrogens with zero attached hydrogens (tertiary/aromatic N) is 1. The summed E-state index contributed by atoms with van der Waals surface area (Å²) in [5, 5.41) is 3.33. The van der Waals surface area contributed by atoms with Crippen molar-refractivity contribution in [2.75, 3.05) is 29.9 Å². The molecule has 1 saturated carbocycles. The lowest BCUT2D eigenvalue weighted by Gasteiger charge is -2.37. The summed E-state index contributed by atoms with van der Waals surface area (Å²) in [6.07, 6.45) is 4.77. The van der Waals surface area contributed by atoms with E-state index in [1.54, 1.807) is 0 Å². The maximum Gasteiger partial charge on any atom is 0.151 e. The number of nitrogens with one attached hydrogen (secondary N) is 1. The van der Waals surface area contributed by atoms with Crippen molar-refractivity contribution in [3.8, 4) is 0 Å². The van der Waals surface area contributed by atoms with E-state index in [0.29, 0.717) is 17.6 Å². The molecule has 2 fully saturated rings. The summed E-state index contributed by atoms with van der Waals surface area (Å²) in [5.74, 6) is 0.469. The Labute approximate surface area is 150 Å². The molecule has 1 aromatic carbocycles.